The van der Waals surface area contributed by atoms with Gasteiger partial charge in [0, 0.05) is 12.6 Å². The predicted octanol–water partition coefficient (Wildman–Crippen LogP) is 1.35. The maximum atomic E-state index is 11.0. The summed E-state index contributed by atoms with van der Waals surface area (Å²) in [6.45, 7) is 0.849. The Labute approximate surface area is 104 Å². The highest BCUT2D eigenvalue weighted by Gasteiger charge is 2.37. The molecule has 0 unspecified atom stereocenters. The van der Waals surface area contributed by atoms with E-state index in [-0.39, 0.29) is 11.6 Å². The molecule has 0 spiro atoms. The molecule has 1 aromatic heterocycles. The van der Waals surface area contributed by atoms with Crippen LogP contribution in [0.5, 0.6) is 0 Å². The lowest BCUT2D eigenvalue weighted by atomic mass is 10.3. The van der Waals surface area contributed by atoms with Crippen molar-refractivity contribution < 1.29 is 4.92 Å². The number of anilines is 2. The second kappa shape index (κ2) is 4.08. The van der Waals surface area contributed by atoms with Gasteiger partial charge in [-0.15, -0.1) is 0 Å². The van der Waals surface area contributed by atoms with Gasteiger partial charge in [0.15, 0.2) is 0 Å². The molecule has 0 bridgehead atoms. The van der Waals surface area contributed by atoms with Crippen LogP contribution in [0.3, 0.4) is 0 Å². The van der Waals surface area contributed by atoms with Crippen molar-refractivity contribution in [2.24, 2.45) is 5.92 Å². The molecule has 2 aliphatic carbocycles. The van der Waals surface area contributed by atoms with E-state index in [9.17, 15) is 10.1 Å². The molecule has 0 saturated heterocycles. The monoisotopic (exact) mass is 249 g/mol. The Morgan fingerprint density at radius 3 is 2.72 bits per heavy atom. The van der Waals surface area contributed by atoms with Crippen molar-refractivity contribution in [3.8, 4) is 0 Å². The van der Waals surface area contributed by atoms with Crippen LogP contribution in [0.2, 0.25) is 0 Å². The standard InChI is InChI=1S/C11H15N5O2/c12-11-13-5-9(16(17)18)10(14-11)15(8-3-4-8)6-7-1-2-7/h5,7-8H,1-4,6H2,(H2,12,13,14). The van der Waals surface area contributed by atoms with Gasteiger partial charge < -0.3 is 10.6 Å². The highest BCUT2D eigenvalue weighted by molar-refractivity contribution is 5.59. The Morgan fingerprint density at radius 1 is 1.44 bits per heavy atom. The van der Waals surface area contributed by atoms with Crippen LogP contribution in [0.25, 0.3) is 0 Å². The van der Waals surface area contributed by atoms with E-state index in [0.29, 0.717) is 17.8 Å². The number of hydrogen-bond donors (Lipinski definition) is 1. The molecule has 7 heteroatoms. The fraction of sp³-hybridized carbons (Fsp3) is 0.636. The van der Waals surface area contributed by atoms with Crippen LogP contribution in [-0.4, -0.2) is 27.5 Å². The SMILES string of the molecule is Nc1ncc([N+](=O)[O-])c(N(CC2CC2)C2CC2)n1. The maximum absolute atomic E-state index is 11.0. The quantitative estimate of drug-likeness (QED) is 0.624. The first kappa shape index (κ1) is 11.2. The van der Waals surface area contributed by atoms with E-state index in [2.05, 4.69) is 9.97 Å². The number of hydrogen-bond acceptors (Lipinski definition) is 6. The van der Waals surface area contributed by atoms with Gasteiger partial charge in [-0.05, 0) is 31.6 Å². The molecule has 0 aromatic carbocycles. The largest absolute Gasteiger partial charge is 0.368 e. The van der Waals surface area contributed by atoms with E-state index in [1.807, 2.05) is 4.90 Å². The zero-order valence-electron chi connectivity index (χ0n) is 9.95. The second-order valence-electron chi connectivity index (χ2n) is 5.02. The molecule has 96 valence electrons. The van der Waals surface area contributed by atoms with Crippen LogP contribution in [0.4, 0.5) is 17.5 Å². The molecule has 0 aliphatic heterocycles. The molecule has 2 saturated carbocycles. The fourth-order valence-electron chi connectivity index (χ4n) is 2.09. The minimum Gasteiger partial charge on any atom is -0.368 e. The zero-order chi connectivity index (χ0) is 12.7. The third-order valence-corrected chi connectivity index (χ3v) is 3.38. The van der Waals surface area contributed by atoms with E-state index < -0.39 is 4.92 Å². The van der Waals surface area contributed by atoms with Gasteiger partial charge in [-0.25, -0.2) is 4.98 Å². The van der Waals surface area contributed by atoms with Crippen molar-refractivity contribution in [3.63, 3.8) is 0 Å². The number of nitrogens with two attached hydrogens (primary N) is 1. The second-order valence-corrected chi connectivity index (χ2v) is 5.02. The summed E-state index contributed by atoms with van der Waals surface area (Å²) in [5.41, 5.74) is 5.52. The van der Waals surface area contributed by atoms with E-state index in [1.165, 1.54) is 19.0 Å². The highest BCUT2D eigenvalue weighted by Crippen LogP contribution is 2.39. The molecule has 3 rings (SSSR count). The molecule has 2 N–H and O–H groups in total. The minimum absolute atomic E-state index is 0.0447. The van der Waals surface area contributed by atoms with E-state index in [4.69, 9.17) is 5.73 Å². The van der Waals surface area contributed by atoms with Crippen LogP contribution in [-0.2, 0) is 0 Å². The Bertz CT molecular complexity index is 484. The first-order chi connectivity index (χ1) is 8.65. The summed E-state index contributed by atoms with van der Waals surface area (Å²) < 4.78 is 0. The molecule has 2 fully saturated rings. The first-order valence-electron chi connectivity index (χ1n) is 6.18. The molecule has 18 heavy (non-hydrogen) atoms. The van der Waals surface area contributed by atoms with Crippen molar-refractivity contribution in [2.75, 3.05) is 17.2 Å². The number of nitrogen functional groups attached to an aromatic ring is 1. The highest BCUT2D eigenvalue weighted by atomic mass is 16.6. The molecule has 2 aliphatic rings. The minimum atomic E-state index is -0.433. The molecule has 7 nitrogen and oxygen atoms in total. The summed E-state index contributed by atoms with van der Waals surface area (Å²) in [5.74, 6) is 1.14. The summed E-state index contributed by atoms with van der Waals surface area (Å²) in [6, 6.07) is 0.388. The van der Waals surface area contributed by atoms with Gasteiger partial charge in [0.05, 0.1) is 4.92 Å². The van der Waals surface area contributed by atoms with Crippen LogP contribution < -0.4 is 10.6 Å². The van der Waals surface area contributed by atoms with E-state index in [1.54, 1.807) is 0 Å². The van der Waals surface area contributed by atoms with Crippen LogP contribution >= 0.6 is 0 Å². The zero-order valence-corrected chi connectivity index (χ0v) is 9.95. The van der Waals surface area contributed by atoms with Crippen LogP contribution in [0.1, 0.15) is 25.7 Å². The van der Waals surface area contributed by atoms with Crippen molar-refractivity contribution in [1.29, 1.82) is 0 Å². The van der Waals surface area contributed by atoms with Gasteiger partial charge in [0.2, 0.25) is 11.8 Å². The Morgan fingerprint density at radius 2 is 2.17 bits per heavy atom. The van der Waals surface area contributed by atoms with Crippen LogP contribution in [0, 0.1) is 16.0 Å². The summed E-state index contributed by atoms with van der Waals surface area (Å²) >= 11 is 0. The number of nitrogens with zero attached hydrogens (tertiary/aromatic N) is 4. The van der Waals surface area contributed by atoms with Gasteiger partial charge >= 0.3 is 5.69 Å². The van der Waals surface area contributed by atoms with E-state index in [0.717, 1.165) is 19.4 Å². The molecule has 0 atom stereocenters. The van der Waals surface area contributed by atoms with Gasteiger partial charge in [0.1, 0.15) is 6.20 Å². The lowest BCUT2D eigenvalue weighted by Gasteiger charge is -2.22. The summed E-state index contributed by atoms with van der Waals surface area (Å²) in [7, 11) is 0. The molecule has 1 aromatic rings. The van der Waals surface area contributed by atoms with Gasteiger partial charge in [0.25, 0.3) is 0 Å². The Balaban J connectivity index is 1.95. The Kier molecular flexibility index (Phi) is 2.53. The van der Waals surface area contributed by atoms with Crippen LogP contribution in [0.15, 0.2) is 6.20 Å². The average molecular weight is 249 g/mol. The average Bonchev–Trinajstić information content (AvgIpc) is 3.18. The maximum Gasteiger partial charge on any atom is 0.329 e. The van der Waals surface area contributed by atoms with Gasteiger partial charge in [-0.3, -0.25) is 10.1 Å². The van der Waals surface area contributed by atoms with E-state index >= 15 is 0 Å². The molecule has 0 amide bonds. The number of aromatic nitrogens is 2. The van der Waals surface area contributed by atoms with Gasteiger partial charge in [-0.2, -0.15) is 4.98 Å². The summed E-state index contributed by atoms with van der Waals surface area (Å²) in [4.78, 5) is 20.5. The molecule has 1 heterocycles. The first-order valence-corrected chi connectivity index (χ1v) is 6.18. The normalized spacial score (nSPS) is 18.7. The smallest absolute Gasteiger partial charge is 0.329 e. The Hall–Kier alpha value is -1.92. The number of rotatable bonds is 5. The molecular weight excluding hydrogens is 234 g/mol. The number of nitro groups is 1. The molecule has 0 radical (unpaired) electrons. The molecular formula is C11H15N5O2. The third-order valence-electron chi connectivity index (χ3n) is 3.38. The van der Waals surface area contributed by atoms with Crippen molar-refractivity contribution in [1.82, 2.24) is 9.97 Å². The predicted molar refractivity (Wildman–Crippen MR) is 66.2 cm³/mol. The van der Waals surface area contributed by atoms with Crippen molar-refractivity contribution in [3.05, 3.63) is 16.3 Å². The third kappa shape index (κ3) is 2.20. The van der Waals surface area contributed by atoms with Gasteiger partial charge in [-0.1, -0.05) is 0 Å². The lowest BCUT2D eigenvalue weighted by Crippen LogP contribution is -2.30. The van der Waals surface area contributed by atoms with Crippen molar-refractivity contribution in [2.45, 2.75) is 31.7 Å². The van der Waals surface area contributed by atoms with Crippen molar-refractivity contribution >= 4 is 17.5 Å². The topological polar surface area (TPSA) is 98.2 Å². The summed E-state index contributed by atoms with van der Waals surface area (Å²) in [5, 5.41) is 11.0. The lowest BCUT2D eigenvalue weighted by molar-refractivity contribution is -0.384. The fourth-order valence-corrected chi connectivity index (χ4v) is 2.09. The summed E-state index contributed by atoms with van der Waals surface area (Å²) in [6.07, 6.45) is 5.77.